The predicted octanol–water partition coefficient (Wildman–Crippen LogP) is 3.25. The molecule has 1 aliphatic heterocycles. The summed E-state index contributed by atoms with van der Waals surface area (Å²) in [5.41, 5.74) is 0.763. The first kappa shape index (κ1) is 16.1. The van der Waals surface area contributed by atoms with Crippen molar-refractivity contribution in [1.82, 2.24) is 4.90 Å². The van der Waals surface area contributed by atoms with E-state index in [1.807, 2.05) is 18.2 Å². The second-order valence-electron chi connectivity index (χ2n) is 6.82. The fourth-order valence-corrected chi connectivity index (χ4v) is 2.78. The summed E-state index contributed by atoms with van der Waals surface area (Å²) in [5, 5.41) is 2.95. The van der Waals surface area contributed by atoms with Crippen molar-refractivity contribution in [3.63, 3.8) is 0 Å². The molecule has 1 aromatic carbocycles. The fraction of sp³-hybridized carbons (Fsp3) is 0.611. The molecule has 0 saturated heterocycles. The molecule has 0 radical (unpaired) electrons. The Morgan fingerprint density at radius 1 is 1.26 bits per heavy atom. The normalized spacial score (nSPS) is 16.2. The van der Waals surface area contributed by atoms with Crippen molar-refractivity contribution in [2.24, 2.45) is 5.92 Å². The van der Waals surface area contributed by atoms with E-state index in [0.29, 0.717) is 24.1 Å². The number of carbonyl (C=O) groups excluding carboxylic acids is 1. The molecule has 1 saturated carbocycles. The van der Waals surface area contributed by atoms with Crippen LogP contribution in [-0.2, 0) is 4.79 Å². The van der Waals surface area contributed by atoms with Gasteiger partial charge in [0.25, 0.3) is 0 Å². The Hall–Kier alpha value is -1.75. The van der Waals surface area contributed by atoms with Crippen LogP contribution in [0.5, 0.6) is 11.5 Å². The van der Waals surface area contributed by atoms with Gasteiger partial charge in [-0.3, -0.25) is 9.69 Å². The lowest BCUT2D eigenvalue weighted by molar-refractivity contribution is -0.116. The van der Waals surface area contributed by atoms with E-state index in [-0.39, 0.29) is 12.7 Å². The van der Waals surface area contributed by atoms with Crippen LogP contribution in [0.25, 0.3) is 0 Å². The molecule has 2 aliphatic rings. The van der Waals surface area contributed by atoms with Gasteiger partial charge in [-0.15, -0.1) is 0 Å². The van der Waals surface area contributed by atoms with Gasteiger partial charge in [0.2, 0.25) is 12.7 Å². The molecule has 1 fully saturated rings. The van der Waals surface area contributed by atoms with Gasteiger partial charge in [-0.2, -0.15) is 0 Å². The molecule has 3 rings (SSSR count). The molecule has 1 aromatic rings. The maximum absolute atomic E-state index is 12.2. The molecule has 1 aliphatic carbocycles. The summed E-state index contributed by atoms with van der Waals surface area (Å²) in [5.74, 6) is 2.19. The minimum absolute atomic E-state index is 0.0547. The molecule has 0 aromatic heterocycles. The molecular weight excluding hydrogens is 292 g/mol. The highest BCUT2D eigenvalue weighted by atomic mass is 16.7. The summed E-state index contributed by atoms with van der Waals surface area (Å²) >= 11 is 0. The van der Waals surface area contributed by atoms with Gasteiger partial charge in [0.1, 0.15) is 0 Å². The Morgan fingerprint density at radius 2 is 2.04 bits per heavy atom. The van der Waals surface area contributed by atoms with Crippen LogP contribution in [0.4, 0.5) is 5.69 Å². The van der Waals surface area contributed by atoms with Crippen LogP contribution in [0.1, 0.15) is 39.5 Å². The molecule has 5 nitrogen and oxygen atoms in total. The number of hydrogen-bond acceptors (Lipinski definition) is 4. The van der Waals surface area contributed by atoms with Gasteiger partial charge in [0, 0.05) is 30.8 Å². The Morgan fingerprint density at radius 3 is 2.78 bits per heavy atom. The van der Waals surface area contributed by atoms with Crippen molar-refractivity contribution in [2.45, 2.75) is 45.6 Å². The number of nitrogens with one attached hydrogen (secondary N) is 1. The monoisotopic (exact) mass is 318 g/mol. The van der Waals surface area contributed by atoms with Crippen LogP contribution in [-0.4, -0.2) is 36.7 Å². The van der Waals surface area contributed by atoms with Crippen molar-refractivity contribution < 1.29 is 14.3 Å². The number of ether oxygens (including phenoxy) is 2. The van der Waals surface area contributed by atoms with Gasteiger partial charge in [-0.05, 0) is 43.9 Å². The van der Waals surface area contributed by atoms with Crippen LogP contribution in [0.15, 0.2) is 18.2 Å². The third kappa shape index (κ3) is 4.61. The van der Waals surface area contributed by atoms with Crippen molar-refractivity contribution in [2.75, 3.05) is 25.2 Å². The number of nitrogens with zero attached hydrogens (tertiary/aromatic N) is 1. The Labute approximate surface area is 137 Å². The van der Waals surface area contributed by atoms with E-state index in [0.717, 1.165) is 24.5 Å². The summed E-state index contributed by atoms with van der Waals surface area (Å²) in [7, 11) is 0. The third-order valence-corrected chi connectivity index (χ3v) is 4.34. The van der Waals surface area contributed by atoms with E-state index in [1.165, 1.54) is 19.3 Å². The van der Waals surface area contributed by atoms with Crippen LogP contribution in [0.3, 0.4) is 0 Å². The predicted molar refractivity (Wildman–Crippen MR) is 89.9 cm³/mol. The van der Waals surface area contributed by atoms with Gasteiger partial charge in [-0.25, -0.2) is 0 Å². The smallest absolute Gasteiger partial charge is 0.231 e. The summed E-state index contributed by atoms with van der Waals surface area (Å²) in [6, 6.07) is 6.20. The van der Waals surface area contributed by atoms with E-state index >= 15 is 0 Å². The first-order valence-electron chi connectivity index (χ1n) is 8.55. The van der Waals surface area contributed by atoms with Gasteiger partial charge in [0.05, 0.1) is 0 Å². The topological polar surface area (TPSA) is 50.8 Å². The molecule has 0 bridgehead atoms. The molecule has 1 amide bonds. The molecule has 0 atom stereocenters. The first-order chi connectivity index (χ1) is 11.1. The molecule has 0 unspecified atom stereocenters. The summed E-state index contributed by atoms with van der Waals surface area (Å²) in [6.45, 7) is 6.68. The lowest BCUT2D eigenvalue weighted by Crippen LogP contribution is -2.31. The summed E-state index contributed by atoms with van der Waals surface area (Å²) < 4.78 is 10.6. The minimum Gasteiger partial charge on any atom is -0.454 e. The van der Waals surface area contributed by atoms with Gasteiger partial charge >= 0.3 is 0 Å². The lowest BCUT2D eigenvalue weighted by Gasteiger charge is -2.22. The Bertz CT molecular complexity index is 555. The standard InChI is InChI=1S/C18H26N2O3/c1-13(2)7-9-20(15-4-5-15)10-8-18(21)19-14-3-6-16-17(11-14)23-12-22-16/h3,6,11,13,15H,4-5,7-10,12H2,1-2H3,(H,19,21). The van der Waals surface area contributed by atoms with E-state index in [9.17, 15) is 4.79 Å². The average molecular weight is 318 g/mol. The van der Waals surface area contributed by atoms with Crippen LogP contribution in [0, 0.1) is 5.92 Å². The third-order valence-electron chi connectivity index (χ3n) is 4.34. The average Bonchev–Trinajstić information content (AvgIpc) is 3.24. The Kier molecular flexibility index (Phi) is 5.06. The number of rotatable bonds is 8. The number of amides is 1. The first-order valence-corrected chi connectivity index (χ1v) is 8.55. The Balaban J connectivity index is 1.46. The largest absolute Gasteiger partial charge is 0.454 e. The van der Waals surface area contributed by atoms with E-state index in [4.69, 9.17) is 9.47 Å². The highest BCUT2D eigenvalue weighted by molar-refractivity contribution is 5.91. The van der Waals surface area contributed by atoms with Crippen LogP contribution >= 0.6 is 0 Å². The van der Waals surface area contributed by atoms with Crippen LogP contribution in [0.2, 0.25) is 0 Å². The number of anilines is 1. The zero-order valence-corrected chi connectivity index (χ0v) is 14.0. The van der Waals surface area contributed by atoms with Crippen molar-refractivity contribution >= 4 is 11.6 Å². The maximum atomic E-state index is 12.2. The highest BCUT2D eigenvalue weighted by Crippen LogP contribution is 2.34. The molecule has 0 spiro atoms. The lowest BCUT2D eigenvalue weighted by atomic mass is 10.1. The minimum atomic E-state index is 0.0547. The highest BCUT2D eigenvalue weighted by Gasteiger charge is 2.28. The quantitative estimate of drug-likeness (QED) is 0.799. The molecule has 1 N–H and O–H groups in total. The van der Waals surface area contributed by atoms with E-state index < -0.39 is 0 Å². The number of fused-ring (bicyclic) bond motifs is 1. The van der Waals surface area contributed by atoms with Gasteiger partial charge in [0.15, 0.2) is 11.5 Å². The van der Waals surface area contributed by atoms with Crippen molar-refractivity contribution in [3.8, 4) is 11.5 Å². The molecular formula is C18H26N2O3. The van der Waals surface area contributed by atoms with Crippen molar-refractivity contribution in [3.05, 3.63) is 18.2 Å². The van der Waals surface area contributed by atoms with E-state index in [1.54, 1.807) is 0 Å². The molecule has 5 heteroatoms. The zero-order chi connectivity index (χ0) is 16.2. The molecule has 126 valence electrons. The fourth-order valence-electron chi connectivity index (χ4n) is 2.78. The SMILES string of the molecule is CC(C)CCN(CCC(=O)Nc1ccc2c(c1)OCO2)C1CC1. The van der Waals surface area contributed by atoms with Gasteiger partial charge in [-0.1, -0.05) is 13.8 Å². The van der Waals surface area contributed by atoms with E-state index in [2.05, 4.69) is 24.1 Å². The van der Waals surface area contributed by atoms with Crippen LogP contribution < -0.4 is 14.8 Å². The number of carbonyl (C=O) groups is 1. The second-order valence-corrected chi connectivity index (χ2v) is 6.82. The number of benzene rings is 1. The maximum Gasteiger partial charge on any atom is 0.231 e. The zero-order valence-electron chi connectivity index (χ0n) is 14.0. The van der Waals surface area contributed by atoms with Gasteiger partial charge < -0.3 is 14.8 Å². The molecule has 1 heterocycles. The van der Waals surface area contributed by atoms with Crippen molar-refractivity contribution in [1.29, 1.82) is 0 Å². The molecule has 23 heavy (non-hydrogen) atoms. The second kappa shape index (κ2) is 7.21. The summed E-state index contributed by atoms with van der Waals surface area (Å²) in [4.78, 5) is 14.7. The number of hydrogen-bond donors (Lipinski definition) is 1. The summed E-state index contributed by atoms with van der Waals surface area (Å²) in [6.07, 6.45) is 4.28.